The van der Waals surface area contributed by atoms with Crippen LogP contribution in [0.25, 0.3) is 0 Å². The lowest BCUT2D eigenvalue weighted by Gasteiger charge is -2.30. The Bertz CT molecular complexity index is 380. The molecule has 2 N–H and O–H groups in total. The molecule has 1 aliphatic carbocycles. The minimum atomic E-state index is 0.471. The summed E-state index contributed by atoms with van der Waals surface area (Å²) in [6.07, 6.45) is 3.96. The van der Waals surface area contributed by atoms with Crippen LogP contribution in [0.5, 0.6) is 0 Å². The third kappa shape index (κ3) is 3.06. The smallest absolute Gasteiger partial charge is 0.191 e. The van der Waals surface area contributed by atoms with Crippen molar-refractivity contribution in [2.24, 2.45) is 17.6 Å². The summed E-state index contributed by atoms with van der Waals surface area (Å²) in [5.74, 6) is 2.56. The molecule has 2 unspecified atom stereocenters. The predicted octanol–water partition coefficient (Wildman–Crippen LogP) is 2.67. The number of rotatable bonds is 4. The van der Waals surface area contributed by atoms with E-state index in [4.69, 9.17) is 5.73 Å². The molecular formula is C13H24N4S. The molecule has 0 aliphatic heterocycles. The molecule has 1 aromatic rings. The Morgan fingerprint density at radius 1 is 1.22 bits per heavy atom. The summed E-state index contributed by atoms with van der Waals surface area (Å²) in [6.45, 7) is 8.22. The average molecular weight is 268 g/mol. The first kappa shape index (κ1) is 13.9. The fourth-order valence-electron chi connectivity index (χ4n) is 2.99. The second-order valence-corrected chi connectivity index (χ2v) is 6.77. The van der Waals surface area contributed by atoms with E-state index in [-0.39, 0.29) is 0 Å². The number of hydrogen-bond acceptors (Lipinski definition) is 4. The monoisotopic (exact) mass is 268 g/mol. The molecule has 0 amide bonds. The van der Waals surface area contributed by atoms with E-state index < -0.39 is 0 Å². The Kier molecular flexibility index (Phi) is 4.67. The number of aromatic nitrogens is 3. The van der Waals surface area contributed by atoms with Gasteiger partial charge < -0.3 is 10.3 Å². The van der Waals surface area contributed by atoms with E-state index >= 15 is 0 Å². The predicted molar refractivity (Wildman–Crippen MR) is 75.4 cm³/mol. The van der Waals surface area contributed by atoms with E-state index in [1.165, 1.54) is 19.3 Å². The van der Waals surface area contributed by atoms with E-state index in [1.54, 1.807) is 0 Å². The third-order valence-electron chi connectivity index (χ3n) is 3.70. The quantitative estimate of drug-likeness (QED) is 0.912. The van der Waals surface area contributed by atoms with Gasteiger partial charge in [0.2, 0.25) is 0 Å². The van der Waals surface area contributed by atoms with Gasteiger partial charge >= 0.3 is 0 Å². The Morgan fingerprint density at radius 2 is 1.89 bits per heavy atom. The zero-order valence-corrected chi connectivity index (χ0v) is 12.4. The topological polar surface area (TPSA) is 56.7 Å². The Hall–Kier alpha value is -0.550. The lowest BCUT2D eigenvalue weighted by atomic mass is 9.83. The van der Waals surface area contributed by atoms with E-state index in [0.717, 1.165) is 29.4 Å². The maximum absolute atomic E-state index is 5.68. The molecule has 18 heavy (non-hydrogen) atoms. The standard InChI is InChI=1S/C13H24N4S/c1-4-17-12(8-14)15-16-13(17)18-11-6-9(2)5-10(3)7-11/h9-11H,4-8,14H2,1-3H3. The van der Waals surface area contributed by atoms with E-state index in [9.17, 15) is 0 Å². The zero-order chi connectivity index (χ0) is 13.1. The van der Waals surface area contributed by atoms with Crippen LogP contribution in [0.1, 0.15) is 45.9 Å². The molecule has 102 valence electrons. The molecule has 0 bridgehead atoms. The van der Waals surface area contributed by atoms with E-state index in [1.807, 2.05) is 11.8 Å². The highest BCUT2D eigenvalue weighted by molar-refractivity contribution is 7.99. The molecule has 5 heteroatoms. The maximum Gasteiger partial charge on any atom is 0.191 e. The van der Waals surface area contributed by atoms with Crippen LogP contribution >= 0.6 is 11.8 Å². The summed E-state index contributed by atoms with van der Waals surface area (Å²) in [6, 6.07) is 0. The van der Waals surface area contributed by atoms with E-state index in [2.05, 4.69) is 35.5 Å². The summed E-state index contributed by atoms with van der Waals surface area (Å²) in [5.41, 5.74) is 5.68. The first-order valence-corrected chi connectivity index (χ1v) is 7.80. The highest BCUT2D eigenvalue weighted by Gasteiger charge is 2.26. The van der Waals surface area contributed by atoms with Gasteiger partial charge in [-0.25, -0.2) is 0 Å². The van der Waals surface area contributed by atoms with Gasteiger partial charge in [-0.15, -0.1) is 10.2 Å². The van der Waals surface area contributed by atoms with Crippen molar-refractivity contribution in [2.45, 2.75) is 63.5 Å². The first-order chi connectivity index (χ1) is 8.63. The molecule has 2 atom stereocenters. The minimum Gasteiger partial charge on any atom is -0.324 e. The summed E-state index contributed by atoms with van der Waals surface area (Å²) < 4.78 is 2.15. The van der Waals surface area contributed by atoms with E-state index in [0.29, 0.717) is 11.8 Å². The molecule has 0 radical (unpaired) electrons. The van der Waals surface area contributed by atoms with Crippen LogP contribution in [0.3, 0.4) is 0 Å². The third-order valence-corrected chi connectivity index (χ3v) is 4.93. The Balaban J connectivity index is 2.06. The van der Waals surface area contributed by atoms with Gasteiger partial charge in [0.15, 0.2) is 5.16 Å². The number of thioether (sulfide) groups is 1. The highest BCUT2D eigenvalue weighted by atomic mass is 32.2. The van der Waals surface area contributed by atoms with Crippen LogP contribution in [0.15, 0.2) is 5.16 Å². The van der Waals surface area contributed by atoms with Crippen molar-refractivity contribution in [3.63, 3.8) is 0 Å². The molecular weight excluding hydrogens is 244 g/mol. The van der Waals surface area contributed by atoms with Crippen LogP contribution in [-0.4, -0.2) is 20.0 Å². The lowest BCUT2D eigenvalue weighted by molar-refractivity contribution is 0.308. The van der Waals surface area contributed by atoms with Crippen LogP contribution in [-0.2, 0) is 13.1 Å². The van der Waals surface area contributed by atoms with Crippen molar-refractivity contribution in [3.8, 4) is 0 Å². The van der Waals surface area contributed by atoms with Crippen LogP contribution in [0.4, 0.5) is 0 Å². The molecule has 0 aromatic carbocycles. The normalized spacial score (nSPS) is 28.6. The van der Waals surface area contributed by atoms with Gasteiger partial charge in [-0.05, 0) is 38.0 Å². The SMILES string of the molecule is CCn1c(CN)nnc1SC1CC(C)CC(C)C1. The molecule has 2 rings (SSSR count). The largest absolute Gasteiger partial charge is 0.324 e. The van der Waals surface area contributed by atoms with Gasteiger partial charge in [-0.2, -0.15) is 0 Å². The van der Waals surface area contributed by atoms with Crippen molar-refractivity contribution < 1.29 is 0 Å². The molecule has 0 spiro atoms. The first-order valence-electron chi connectivity index (χ1n) is 6.92. The molecule has 1 fully saturated rings. The van der Waals surface area contributed by atoms with Crippen molar-refractivity contribution in [1.29, 1.82) is 0 Å². The average Bonchev–Trinajstić information content (AvgIpc) is 2.69. The van der Waals surface area contributed by atoms with Gasteiger partial charge in [0.05, 0.1) is 6.54 Å². The molecule has 4 nitrogen and oxygen atoms in total. The maximum atomic E-state index is 5.68. The summed E-state index contributed by atoms with van der Waals surface area (Å²) in [7, 11) is 0. The second-order valence-electron chi connectivity index (χ2n) is 5.50. The van der Waals surface area contributed by atoms with Crippen molar-refractivity contribution in [2.75, 3.05) is 0 Å². The zero-order valence-electron chi connectivity index (χ0n) is 11.6. The van der Waals surface area contributed by atoms with Gasteiger partial charge in [-0.1, -0.05) is 25.6 Å². The van der Waals surface area contributed by atoms with Gasteiger partial charge in [0.25, 0.3) is 0 Å². The van der Waals surface area contributed by atoms with Crippen molar-refractivity contribution >= 4 is 11.8 Å². The Morgan fingerprint density at radius 3 is 2.44 bits per heavy atom. The van der Waals surface area contributed by atoms with Gasteiger partial charge in [0.1, 0.15) is 5.82 Å². The van der Waals surface area contributed by atoms with Crippen LogP contribution in [0.2, 0.25) is 0 Å². The minimum absolute atomic E-state index is 0.471. The van der Waals surface area contributed by atoms with Crippen molar-refractivity contribution in [1.82, 2.24) is 14.8 Å². The molecule has 0 saturated heterocycles. The highest BCUT2D eigenvalue weighted by Crippen LogP contribution is 2.38. The lowest BCUT2D eigenvalue weighted by Crippen LogP contribution is -2.21. The number of hydrogen-bond donors (Lipinski definition) is 1. The fraction of sp³-hybridized carbons (Fsp3) is 0.846. The second kappa shape index (κ2) is 6.06. The van der Waals surface area contributed by atoms with Crippen molar-refractivity contribution in [3.05, 3.63) is 5.82 Å². The van der Waals surface area contributed by atoms with Gasteiger partial charge in [-0.3, -0.25) is 0 Å². The number of nitrogens with two attached hydrogens (primary N) is 1. The molecule has 1 aromatic heterocycles. The van der Waals surface area contributed by atoms with Gasteiger partial charge in [0, 0.05) is 11.8 Å². The van der Waals surface area contributed by atoms with Crippen LogP contribution < -0.4 is 5.73 Å². The fourth-order valence-corrected chi connectivity index (χ4v) is 4.59. The summed E-state index contributed by atoms with van der Waals surface area (Å²) >= 11 is 1.89. The van der Waals surface area contributed by atoms with Crippen LogP contribution in [0, 0.1) is 11.8 Å². The molecule has 1 saturated carbocycles. The summed E-state index contributed by atoms with van der Waals surface area (Å²) in [4.78, 5) is 0. The number of nitrogens with zero attached hydrogens (tertiary/aromatic N) is 3. The molecule has 1 aliphatic rings. The summed E-state index contributed by atoms with van der Waals surface area (Å²) in [5, 5.41) is 10.2. The Labute approximate surface area is 114 Å². The molecule has 1 heterocycles.